The fraction of sp³-hybridized carbons (Fsp3) is 0.812. The molecule has 1 amide bonds. The molecule has 66 heavy (non-hydrogen) atoms. The van der Waals surface area contributed by atoms with Gasteiger partial charge in [0.2, 0.25) is 0 Å². The van der Waals surface area contributed by atoms with E-state index in [2.05, 4.69) is 10.3 Å². The van der Waals surface area contributed by atoms with Crippen LogP contribution in [0.4, 0.5) is 0 Å². The molecule has 1 aromatic rings. The Labute approximate surface area is 395 Å². The molecule has 0 radical (unpaired) electrons. The minimum atomic E-state index is -1.43. The number of hydrogen-bond acceptors (Lipinski definition) is 17. The summed E-state index contributed by atoms with van der Waals surface area (Å²) in [5.41, 5.74) is -3.51. The van der Waals surface area contributed by atoms with E-state index in [1.54, 1.807) is 52.8 Å². The number of ketones is 1. The largest absolute Gasteiger partial charge is 0.458 e. The Morgan fingerprint density at radius 3 is 2.23 bits per heavy atom. The van der Waals surface area contributed by atoms with E-state index in [9.17, 15) is 24.6 Å². The summed E-state index contributed by atoms with van der Waals surface area (Å²) in [6.07, 6.45) is -5.57. The van der Waals surface area contributed by atoms with Gasteiger partial charge in [-0.3, -0.25) is 24.2 Å². The first kappa shape index (κ1) is 54.2. The highest BCUT2D eigenvalue weighted by Gasteiger charge is 2.62. The van der Waals surface area contributed by atoms with E-state index in [1.165, 1.54) is 32.2 Å². The van der Waals surface area contributed by atoms with Crippen LogP contribution in [0.2, 0.25) is 0 Å². The van der Waals surface area contributed by atoms with Crippen molar-refractivity contribution in [2.24, 2.45) is 29.6 Å². The Morgan fingerprint density at radius 2 is 1.62 bits per heavy atom. The Balaban J connectivity index is 1.57. The topological polar surface area (TPSA) is 211 Å². The standard InChI is InChI=1S/C48H77N3O14S/c1-15-33-48(10)35(39(44(57)65-48)66-21-20-50-42(55)31-18-16-17-19-49-31)27(4)36(52)25(2)23-47(9,59-14)41(64-45-37(53)32(51(11)12)22-26(3)60-45)28(5)38(29(6)43(56)62-33)63-34-24-46(8,58-13)40(54)30(7)61-34/h16-19,25-30,32-35,37-41,45,53-54H,15,20-24H2,1-14H3,(H,50,55)/t25-,26-,27-,28+,29-,30-,32+,33-,34+,35?,37-,38+,39?,40+,41-,45+,46-,47-,48-/m1/s1. The number of nitrogens with one attached hydrogen (secondary N) is 1. The van der Waals surface area contributed by atoms with Crippen molar-refractivity contribution in [3.63, 3.8) is 0 Å². The van der Waals surface area contributed by atoms with Gasteiger partial charge >= 0.3 is 11.9 Å². The lowest BCUT2D eigenvalue weighted by atomic mass is 9.70. The minimum Gasteiger partial charge on any atom is -0.458 e. The highest BCUT2D eigenvalue weighted by Crippen LogP contribution is 2.49. The Bertz CT molecular complexity index is 1810. The molecule has 3 N–H and O–H groups in total. The zero-order valence-corrected chi connectivity index (χ0v) is 42.2. The van der Waals surface area contributed by atoms with Crippen LogP contribution in [-0.2, 0) is 52.3 Å². The summed E-state index contributed by atoms with van der Waals surface area (Å²) in [4.78, 5) is 62.8. The maximum absolute atomic E-state index is 15.0. The van der Waals surface area contributed by atoms with E-state index in [0.717, 1.165) is 0 Å². The molecule has 0 bridgehead atoms. The van der Waals surface area contributed by atoms with Crippen molar-refractivity contribution >= 4 is 35.4 Å². The van der Waals surface area contributed by atoms with Crippen molar-refractivity contribution in [2.75, 3.05) is 40.6 Å². The lowest BCUT2D eigenvalue weighted by Gasteiger charge is -2.50. The number of carbonyl (C=O) groups is 4. The number of hydrogen-bond donors (Lipinski definition) is 3. The predicted molar refractivity (Wildman–Crippen MR) is 245 cm³/mol. The SMILES string of the molecule is CC[C@H]1OC(=O)[C@H](C)[C@@H](O[C@H]2C[C@@](C)(OC)[C@@H](O)[C@@H](C)O2)[C@H](C)[C@@H](O[C@@H]2O[C@H](C)C[C@H](N(C)C)[C@H]2O)[C@](C)(OC)C[C@@H](C)C(=O)[C@H](C)C2C(SCCNC(=O)c3ccccn3)C(=O)O[C@@]21C. The number of aliphatic hydroxyl groups excluding tert-OH is 2. The van der Waals surface area contributed by atoms with Crippen LogP contribution in [0.5, 0.6) is 0 Å². The normalized spacial score (nSPS) is 42.8. The number of aliphatic hydroxyl groups is 2. The quantitative estimate of drug-likeness (QED) is 0.187. The molecule has 4 aliphatic heterocycles. The summed E-state index contributed by atoms with van der Waals surface area (Å²) in [7, 11) is 6.81. The molecule has 2 unspecified atom stereocenters. The van der Waals surface area contributed by atoms with Crippen LogP contribution in [0, 0.1) is 29.6 Å². The van der Waals surface area contributed by atoms with E-state index < -0.39 is 113 Å². The molecule has 19 atom stereocenters. The molecule has 4 saturated heterocycles. The first-order chi connectivity index (χ1) is 31.0. The number of Topliss-reactive ketones (excluding diaryl/α,β-unsaturated/α-hetero) is 1. The third-order valence-electron chi connectivity index (χ3n) is 14.8. The Hall–Kier alpha value is -2.78. The van der Waals surface area contributed by atoms with Gasteiger partial charge in [-0.1, -0.05) is 33.8 Å². The van der Waals surface area contributed by atoms with Crippen LogP contribution in [0.25, 0.3) is 0 Å². The molecule has 0 saturated carbocycles. The number of cyclic esters (lactones) is 1. The van der Waals surface area contributed by atoms with Gasteiger partial charge in [-0.15, -0.1) is 11.8 Å². The fourth-order valence-corrected chi connectivity index (χ4v) is 12.2. The molecule has 1 aromatic heterocycles. The number of fused-ring (bicyclic) bond motifs is 1. The average Bonchev–Trinajstić information content (AvgIpc) is 3.55. The lowest BCUT2D eigenvalue weighted by Crippen LogP contribution is -2.61. The summed E-state index contributed by atoms with van der Waals surface area (Å²) in [5, 5.41) is 24.9. The van der Waals surface area contributed by atoms with Gasteiger partial charge in [0.25, 0.3) is 5.91 Å². The maximum atomic E-state index is 15.0. The van der Waals surface area contributed by atoms with Gasteiger partial charge in [-0.05, 0) is 87.0 Å². The summed E-state index contributed by atoms with van der Waals surface area (Å²) in [5.74, 6) is -5.37. The van der Waals surface area contributed by atoms with Crippen molar-refractivity contribution in [1.29, 1.82) is 0 Å². The molecule has 18 heteroatoms. The molecule has 4 aliphatic rings. The lowest BCUT2D eigenvalue weighted by molar-refractivity contribution is -0.319. The Kier molecular flexibility index (Phi) is 18.3. The fourth-order valence-electron chi connectivity index (χ4n) is 10.8. The third kappa shape index (κ3) is 11.5. The van der Waals surface area contributed by atoms with Gasteiger partial charge in [0.1, 0.15) is 35.0 Å². The van der Waals surface area contributed by atoms with E-state index in [-0.39, 0.29) is 55.3 Å². The minimum absolute atomic E-state index is 0.113. The molecular weight excluding hydrogens is 875 g/mol. The second-order valence-electron chi connectivity index (χ2n) is 19.9. The third-order valence-corrected chi connectivity index (χ3v) is 16.1. The van der Waals surface area contributed by atoms with Crippen molar-refractivity contribution in [3.8, 4) is 0 Å². The van der Waals surface area contributed by atoms with E-state index in [1.807, 2.05) is 53.6 Å². The number of amides is 1. The number of methoxy groups -OCH3 is 2. The van der Waals surface area contributed by atoms with Crippen LogP contribution >= 0.6 is 11.8 Å². The van der Waals surface area contributed by atoms with Crippen LogP contribution in [0.3, 0.4) is 0 Å². The number of likely N-dealkylation sites (N-methyl/N-ethyl adjacent to an activating group) is 1. The van der Waals surface area contributed by atoms with Gasteiger partial charge in [-0.2, -0.15) is 0 Å². The van der Waals surface area contributed by atoms with E-state index >= 15 is 4.79 Å². The smallest absolute Gasteiger partial charge is 0.320 e. The molecular formula is C48H77N3O14S. The second kappa shape index (κ2) is 22.3. The highest BCUT2D eigenvalue weighted by atomic mass is 32.2. The first-order valence-corrected chi connectivity index (χ1v) is 24.5. The molecule has 0 aromatic carbocycles. The summed E-state index contributed by atoms with van der Waals surface area (Å²) < 4.78 is 51.4. The van der Waals surface area contributed by atoms with Gasteiger partial charge in [0, 0.05) is 68.8 Å². The summed E-state index contributed by atoms with van der Waals surface area (Å²) >= 11 is 1.28. The zero-order chi connectivity index (χ0) is 49.1. The van der Waals surface area contributed by atoms with E-state index in [4.69, 9.17) is 37.9 Å². The van der Waals surface area contributed by atoms with Crippen molar-refractivity contribution < 1.29 is 67.3 Å². The zero-order valence-electron chi connectivity index (χ0n) is 41.4. The molecule has 374 valence electrons. The molecule has 5 rings (SSSR count). The molecule has 17 nitrogen and oxygen atoms in total. The number of ether oxygens (including phenoxy) is 8. The number of carbonyl (C=O) groups excluding carboxylic acids is 4. The van der Waals surface area contributed by atoms with Gasteiger partial charge < -0.3 is 58.3 Å². The Morgan fingerprint density at radius 1 is 0.939 bits per heavy atom. The van der Waals surface area contributed by atoms with Crippen LogP contribution in [-0.4, -0.2) is 168 Å². The number of thioether (sulfide) groups is 1. The number of nitrogens with zero attached hydrogens (tertiary/aromatic N) is 2. The van der Waals surface area contributed by atoms with Crippen LogP contribution in [0.1, 0.15) is 105 Å². The first-order valence-electron chi connectivity index (χ1n) is 23.5. The number of aromatic nitrogens is 1. The van der Waals surface area contributed by atoms with Crippen molar-refractivity contribution in [2.45, 2.75) is 178 Å². The van der Waals surface area contributed by atoms with Gasteiger partial charge in [0.05, 0.1) is 41.5 Å². The van der Waals surface area contributed by atoms with Gasteiger partial charge in [-0.25, -0.2) is 0 Å². The van der Waals surface area contributed by atoms with Gasteiger partial charge in [0.15, 0.2) is 18.2 Å². The van der Waals surface area contributed by atoms with Crippen LogP contribution in [0.15, 0.2) is 24.4 Å². The number of esters is 2. The molecule has 4 fully saturated rings. The highest BCUT2D eigenvalue weighted by molar-refractivity contribution is 8.00. The maximum Gasteiger partial charge on any atom is 0.320 e. The average molecular weight is 952 g/mol. The van der Waals surface area contributed by atoms with Crippen molar-refractivity contribution in [1.82, 2.24) is 15.2 Å². The van der Waals surface area contributed by atoms with Crippen LogP contribution < -0.4 is 5.32 Å². The van der Waals surface area contributed by atoms with E-state index in [0.29, 0.717) is 12.2 Å². The predicted octanol–water partition coefficient (Wildman–Crippen LogP) is 4.19. The number of rotatable bonds is 13. The van der Waals surface area contributed by atoms with Crippen molar-refractivity contribution in [3.05, 3.63) is 30.1 Å². The molecule has 0 aliphatic carbocycles. The molecule has 0 spiro atoms. The summed E-state index contributed by atoms with van der Waals surface area (Å²) in [6, 6.07) is 4.74. The number of pyridine rings is 1. The summed E-state index contributed by atoms with van der Waals surface area (Å²) in [6.45, 7) is 18.2. The second-order valence-corrected chi connectivity index (χ2v) is 21.1. The molecule has 5 heterocycles. The monoisotopic (exact) mass is 952 g/mol.